The molecule has 0 heterocycles. The van der Waals surface area contributed by atoms with E-state index in [1.807, 2.05) is 0 Å². The van der Waals surface area contributed by atoms with Crippen molar-refractivity contribution in [2.24, 2.45) is 0 Å². The quantitative estimate of drug-likeness (QED) is 0.813. The Kier molecular flexibility index (Phi) is 4.12. The molecule has 2 aromatic carbocycles. The fraction of sp³-hybridized carbons (Fsp3) is 0.0769. The number of phenols is 1. The average Bonchev–Trinajstić information content (AvgIpc) is 2.37. The third kappa shape index (κ3) is 3.28. The highest BCUT2D eigenvalue weighted by Crippen LogP contribution is 2.28. The number of halogens is 4. The van der Waals surface area contributed by atoms with Crippen LogP contribution in [0.3, 0.4) is 0 Å². The van der Waals surface area contributed by atoms with Gasteiger partial charge in [-0.1, -0.05) is 23.2 Å². The summed E-state index contributed by atoms with van der Waals surface area (Å²) < 4.78 is 26.2. The van der Waals surface area contributed by atoms with Gasteiger partial charge in [-0.05, 0) is 30.3 Å². The first-order valence-corrected chi connectivity index (χ1v) is 6.09. The summed E-state index contributed by atoms with van der Waals surface area (Å²) in [6.45, 7) is 0.155. The smallest absolute Gasteiger partial charge is 0.160 e. The van der Waals surface area contributed by atoms with Crippen LogP contribution in [0.15, 0.2) is 30.3 Å². The number of benzene rings is 2. The van der Waals surface area contributed by atoms with E-state index in [0.717, 1.165) is 6.07 Å². The molecule has 19 heavy (non-hydrogen) atoms. The summed E-state index contributed by atoms with van der Waals surface area (Å²) in [7, 11) is 0. The van der Waals surface area contributed by atoms with Crippen LogP contribution >= 0.6 is 23.2 Å². The number of hydrogen-bond acceptors (Lipinski definition) is 2. The molecule has 2 nitrogen and oxygen atoms in total. The normalized spacial score (nSPS) is 10.5. The molecule has 2 N–H and O–H groups in total. The summed E-state index contributed by atoms with van der Waals surface area (Å²) in [5.41, 5.74) is 0.844. The second kappa shape index (κ2) is 5.63. The number of hydrogen-bond donors (Lipinski definition) is 2. The van der Waals surface area contributed by atoms with Gasteiger partial charge in [0.15, 0.2) is 5.82 Å². The summed E-state index contributed by atoms with van der Waals surface area (Å²) in [6, 6.07) is 6.34. The molecule has 6 heteroatoms. The second-order valence-corrected chi connectivity index (χ2v) is 4.69. The van der Waals surface area contributed by atoms with E-state index in [4.69, 9.17) is 23.2 Å². The van der Waals surface area contributed by atoms with Crippen LogP contribution in [0.4, 0.5) is 14.5 Å². The Morgan fingerprint density at radius 3 is 2.32 bits per heavy atom. The van der Waals surface area contributed by atoms with Crippen LogP contribution in [0.5, 0.6) is 5.75 Å². The highest BCUT2D eigenvalue weighted by atomic mass is 35.5. The molecule has 0 aliphatic heterocycles. The molecular weight excluding hydrogens is 295 g/mol. The van der Waals surface area contributed by atoms with Crippen LogP contribution in [0, 0.1) is 11.6 Å². The van der Waals surface area contributed by atoms with Crippen LogP contribution in [-0.4, -0.2) is 5.11 Å². The predicted octanol–water partition coefficient (Wildman–Crippen LogP) is 4.59. The highest BCUT2D eigenvalue weighted by molar-refractivity contribution is 6.35. The summed E-state index contributed by atoms with van der Waals surface area (Å²) in [4.78, 5) is 0. The van der Waals surface area contributed by atoms with Gasteiger partial charge in [0, 0.05) is 17.8 Å². The molecule has 0 aliphatic rings. The standard InChI is InChI=1S/C13H9Cl2F2NO/c14-10-4-9(5-11(15)13(10)17)18-6-7-3-8(16)1-2-12(7)19/h1-5,18-19H,6H2. The molecule has 0 saturated carbocycles. The molecule has 100 valence electrons. The Morgan fingerprint density at radius 2 is 1.68 bits per heavy atom. The highest BCUT2D eigenvalue weighted by Gasteiger charge is 2.08. The van der Waals surface area contributed by atoms with E-state index in [1.165, 1.54) is 24.3 Å². The lowest BCUT2D eigenvalue weighted by molar-refractivity contribution is 0.466. The van der Waals surface area contributed by atoms with Crippen molar-refractivity contribution in [3.63, 3.8) is 0 Å². The summed E-state index contributed by atoms with van der Waals surface area (Å²) in [5.74, 6) is -1.18. The van der Waals surface area contributed by atoms with Gasteiger partial charge in [-0.15, -0.1) is 0 Å². The van der Waals surface area contributed by atoms with Crippen LogP contribution in [-0.2, 0) is 6.54 Å². The summed E-state index contributed by atoms with van der Waals surface area (Å²) in [5, 5.41) is 12.2. The van der Waals surface area contributed by atoms with Gasteiger partial charge in [-0.2, -0.15) is 0 Å². The van der Waals surface area contributed by atoms with Crippen LogP contribution in [0.2, 0.25) is 10.0 Å². The zero-order valence-electron chi connectivity index (χ0n) is 9.55. The van der Waals surface area contributed by atoms with Gasteiger partial charge >= 0.3 is 0 Å². The minimum absolute atomic E-state index is 0.0341. The Bertz CT molecular complexity index is 597. The largest absolute Gasteiger partial charge is 0.508 e. The topological polar surface area (TPSA) is 32.3 Å². The summed E-state index contributed by atoms with van der Waals surface area (Å²) in [6.07, 6.45) is 0. The van der Waals surface area contributed by atoms with Crippen molar-refractivity contribution in [1.29, 1.82) is 0 Å². The number of rotatable bonds is 3. The first-order valence-electron chi connectivity index (χ1n) is 5.33. The van der Waals surface area contributed by atoms with E-state index < -0.39 is 11.6 Å². The molecule has 0 saturated heterocycles. The van der Waals surface area contributed by atoms with E-state index in [-0.39, 0.29) is 22.3 Å². The van der Waals surface area contributed by atoms with Gasteiger partial charge in [0.2, 0.25) is 0 Å². The van der Waals surface area contributed by atoms with E-state index in [1.54, 1.807) is 0 Å². The Balaban J connectivity index is 2.17. The fourth-order valence-corrected chi connectivity index (χ4v) is 2.04. The zero-order valence-corrected chi connectivity index (χ0v) is 11.1. The van der Waals surface area contributed by atoms with E-state index in [2.05, 4.69) is 5.32 Å². The summed E-state index contributed by atoms with van der Waals surface area (Å²) >= 11 is 11.3. The Hall–Kier alpha value is -1.52. The van der Waals surface area contributed by atoms with Crippen molar-refractivity contribution >= 4 is 28.9 Å². The lowest BCUT2D eigenvalue weighted by Gasteiger charge is -2.09. The molecule has 0 bridgehead atoms. The maximum Gasteiger partial charge on any atom is 0.160 e. The van der Waals surface area contributed by atoms with Crippen LogP contribution < -0.4 is 5.32 Å². The third-order valence-corrected chi connectivity index (χ3v) is 3.06. The van der Waals surface area contributed by atoms with Gasteiger partial charge in [0.25, 0.3) is 0 Å². The molecule has 0 aromatic heterocycles. The average molecular weight is 304 g/mol. The first-order chi connectivity index (χ1) is 8.97. The van der Waals surface area contributed by atoms with Crippen molar-refractivity contribution in [2.75, 3.05) is 5.32 Å². The lowest BCUT2D eigenvalue weighted by Crippen LogP contribution is -2.00. The number of nitrogens with one attached hydrogen (secondary N) is 1. The van der Waals surface area contributed by atoms with Crippen molar-refractivity contribution in [3.05, 3.63) is 57.6 Å². The molecule has 0 atom stereocenters. The second-order valence-electron chi connectivity index (χ2n) is 3.88. The fourth-order valence-electron chi connectivity index (χ4n) is 1.55. The van der Waals surface area contributed by atoms with E-state index in [0.29, 0.717) is 11.3 Å². The van der Waals surface area contributed by atoms with Gasteiger partial charge in [-0.3, -0.25) is 0 Å². The van der Waals surface area contributed by atoms with Gasteiger partial charge in [-0.25, -0.2) is 8.78 Å². The molecule has 0 amide bonds. The monoisotopic (exact) mass is 303 g/mol. The van der Waals surface area contributed by atoms with Gasteiger partial charge < -0.3 is 10.4 Å². The molecule has 2 rings (SSSR count). The molecule has 0 aliphatic carbocycles. The van der Waals surface area contributed by atoms with Gasteiger partial charge in [0.1, 0.15) is 11.6 Å². The maximum atomic E-state index is 13.2. The lowest BCUT2D eigenvalue weighted by atomic mass is 10.2. The Morgan fingerprint density at radius 1 is 1.05 bits per heavy atom. The molecule has 0 fully saturated rings. The van der Waals surface area contributed by atoms with Crippen LogP contribution in [0.1, 0.15) is 5.56 Å². The molecular formula is C13H9Cl2F2NO. The molecule has 0 radical (unpaired) electrons. The number of anilines is 1. The van der Waals surface area contributed by atoms with E-state index >= 15 is 0 Å². The third-order valence-electron chi connectivity index (χ3n) is 2.51. The minimum atomic E-state index is -0.692. The van der Waals surface area contributed by atoms with Crippen molar-refractivity contribution in [1.82, 2.24) is 0 Å². The molecule has 2 aromatic rings. The minimum Gasteiger partial charge on any atom is -0.508 e. The Labute approximate surface area is 118 Å². The SMILES string of the molecule is Oc1ccc(F)cc1CNc1cc(Cl)c(F)c(Cl)c1. The van der Waals surface area contributed by atoms with E-state index in [9.17, 15) is 13.9 Å². The molecule has 0 unspecified atom stereocenters. The number of aromatic hydroxyl groups is 1. The van der Waals surface area contributed by atoms with Gasteiger partial charge in [0.05, 0.1) is 10.0 Å². The van der Waals surface area contributed by atoms with Crippen LogP contribution in [0.25, 0.3) is 0 Å². The maximum absolute atomic E-state index is 13.2. The van der Waals surface area contributed by atoms with Crippen molar-refractivity contribution in [3.8, 4) is 5.75 Å². The molecule has 0 spiro atoms. The van der Waals surface area contributed by atoms with Crippen molar-refractivity contribution < 1.29 is 13.9 Å². The zero-order chi connectivity index (χ0) is 14.0. The predicted molar refractivity (Wildman–Crippen MR) is 71.8 cm³/mol. The number of phenolic OH excluding ortho intramolecular Hbond substituents is 1. The first kappa shape index (κ1) is 13.9. The van der Waals surface area contributed by atoms with Crippen molar-refractivity contribution in [2.45, 2.75) is 6.54 Å².